The molecule has 0 aromatic heterocycles. The highest BCUT2D eigenvalue weighted by Crippen LogP contribution is 2.30. The molecule has 0 atom stereocenters. The van der Waals surface area contributed by atoms with Crippen LogP contribution in [0.4, 0.5) is 11.4 Å². The van der Waals surface area contributed by atoms with Crippen LogP contribution in [0.15, 0.2) is 48.5 Å². The van der Waals surface area contributed by atoms with Gasteiger partial charge in [-0.3, -0.25) is 9.59 Å². The summed E-state index contributed by atoms with van der Waals surface area (Å²) >= 11 is 0. The third-order valence-corrected chi connectivity index (χ3v) is 4.32. The van der Waals surface area contributed by atoms with Crippen molar-refractivity contribution in [1.82, 2.24) is 0 Å². The van der Waals surface area contributed by atoms with Crippen LogP contribution in [0, 0.1) is 5.92 Å². The highest BCUT2D eigenvalue weighted by atomic mass is 16.5. The first-order chi connectivity index (χ1) is 13.7. The molecule has 0 radical (unpaired) electrons. The van der Waals surface area contributed by atoms with Gasteiger partial charge in [0.05, 0.1) is 13.2 Å². The Morgan fingerprint density at radius 2 is 1.64 bits per heavy atom. The van der Waals surface area contributed by atoms with Gasteiger partial charge in [-0.25, -0.2) is 0 Å². The lowest BCUT2D eigenvalue weighted by Gasteiger charge is -2.11. The molecule has 0 unspecified atom stereocenters. The van der Waals surface area contributed by atoms with Crippen molar-refractivity contribution in [2.24, 2.45) is 5.92 Å². The highest BCUT2D eigenvalue weighted by molar-refractivity contribution is 5.95. The fourth-order valence-corrected chi connectivity index (χ4v) is 2.75. The number of ether oxygens (including phenoxy) is 2. The second-order valence-electron chi connectivity index (χ2n) is 6.72. The Labute approximate surface area is 165 Å². The number of carbonyl (C=O) groups excluding carboxylic acids is 2. The largest absolute Gasteiger partial charge is 0.490 e. The van der Waals surface area contributed by atoms with Crippen molar-refractivity contribution in [2.45, 2.75) is 32.6 Å². The molecule has 0 spiro atoms. The highest BCUT2D eigenvalue weighted by Gasteiger charge is 2.29. The minimum absolute atomic E-state index is 0.0490. The van der Waals surface area contributed by atoms with Crippen LogP contribution in [-0.4, -0.2) is 25.0 Å². The van der Waals surface area contributed by atoms with E-state index in [1.54, 1.807) is 12.1 Å². The standard InChI is InChI=1S/C22H26N2O4/c1-2-27-19-9-3-4-10-20(19)28-14-6-11-21(25)23-17-7-5-8-18(15-17)24-22(26)16-12-13-16/h3-5,7-10,15-16H,2,6,11-14H2,1H3,(H,23,25)(H,24,26). The summed E-state index contributed by atoms with van der Waals surface area (Å²) in [6, 6.07) is 14.7. The number of benzene rings is 2. The van der Waals surface area contributed by atoms with E-state index < -0.39 is 0 Å². The molecule has 6 heteroatoms. The van der Waals surface area contributed by atoms with E-state index in [2.05, 4.69) is 10.6 Å². The molecule has 0 bridgehead atoms. The maximum atomic E-state index is 12.2. The van der Waals surface area contributed by atoms with Crippen LogP contribution >= 0.6 is 0 Å². The number of hydrogen-bond donors (Lipinski definition) is 2. The molecule has 2 aromatic carbocycles. The first-order valence-electron chi connectivity index (χ1n) is 9.71. The second kappa shape index (κ2) is 9.78. The summed E-state index contributed by atoms with van der Waals surface area (Å²) in [5, 5.41) is 5.74. The first-order valence-corrected chi connectivity index (χ1v) is 9.71. The van der Waals surface area contributed by atoms with E-state index in [-0.39, 0.29) is 17.7 Å². The van der Waals surface area contributed by atoms with E-state index >= 15 is 0 Å². The minimum atomic E-state index is -0.0904. The van der Waals surface area contributed by atoms with Crippen LogP contribution in [0.1, 0.15) is 32.6 Å². The maximum Gasteiger partial charge on any atom is 0.227 e. The Kier molecular flexibility index (Phi) is 6.89. The lowest BCUT2D eigenvalue weighted by Crippen LogP contribution is -2.15. The molecular weight excluding hydrogens is 356 g/mol. The van der Waals surface area contributed by atoms with Gasteiger partial charge in [0.1, 0.15) is 0 Å². The van der Waals surface area contributed by atoms with Crippen molar-refractivity contribution in [1.29, 1.82) is 0 Å². The quantitative estimate of drug-likeness (QED) is 0.603. The molecule has 0 heterocycles. The summed E-state index contributed by atoms with van der Waals surface area (Å²) in [7, 11) is 0. The Hall–Kier alpha value is -3.02. The van der Waals surface area contributed by atoms with Gasteiger partial charge in [0.2, 0.25) is 11.8 Å². The molecule has 1 aliphatic carbocycles. The SMILES string of the molecule is CCOc1ccccc1OCCCC(=O)Nc1cccc(NC(=O)C2CC2)c1. The van der Waals surface area contributed by atoms with Gasteiger partial charge in [0, 0.05) is 23.7 Å². The molecule has 0 saturated heterocycles. The molecule has 1 aliphatic rings. The predicted octanol–water partition coefficient (Wildman–Crippen LogP) is 4.23. The number of para-hydroxylation sites is 2. The number of rotatable bonds is 10. The average Bonchev–Trinajstić information content (AvgIpc) is 3.52. The molecule has 1 fully saturated rings. The van der Waals surface area contributed by atoms with Gasteiger partial charge in [-0.15, -0.1) is 0 Å². The van der Waals surface area contributed by atoms with Crippen LogP contribution in [-0.2, 0) is 9.59 Å². The molecule has 148 valence electrons. The molecule has 2 amide bonds. The van der Waals surface area contributed by atoms with Gasteiger partial charge in [-0.1, -0.05) is 18.2 Å². The summed E-state index contributed by atoms with van der Waals surface area (Å²) in [4.78, 5) is 24.0. The number of carbonyl (C=O) groups is 2. The summed E-state index contributed by atoms with van der Waals surface area (Å²) in [5.74, 6) is 1.50. The van der Waals surface area contributed by atoms with Gasteiger partial charge in [0.25, 0.3) is 0 Å². The van der Waals surface area contributed by atoms with Crippen LogP contribution in [0.3, 0.4) is 0 Å². The van der Waals surface area contributed by atoms with Crippen molar-refractivity contribution < 1.29 is 19.1 Å². The zero-order valence-electron chi connectivity index (χ0n) is 16.1. The van der Waals surface area contributed by atoms with Crippen molar-refractivity contribution in [3.05, 3.63) is 48.5 Å². The molecule has 6 nitrogen and oxygen atoms in total. The smallest absolute Gasteiger partial charge is 0.227 e. The molecule has 1 saturated carbocycles. The van der Waals surface area contributed by atoms with Crippen LogP contribution < -0.4 is 20.1 Å². The first kappa shape index (κ1) is 19.7. The van der Waals surface area contributed by atoms with Crippen LogP contribution in [0.5, 0.6) is 11.5 Å². The lowest BCUT2D eigenvalue weighted by molar-refractivity contribution is -0.117. The summed E-state index contributed by atoms with van der Waals surface area (Å²) in [6.45, 7) is 2.92. The Bertz CT molecular complexity index is 818. The zero-order valence-corrected chi connectivity index (χ0v) is 16.1. The predicted molar refractivity (Wildman–Crippen MR) is 109 cm³/mol. The summed E-state index contributed by atoms with van der Waals surface area (Å²) in [5.41, 5.74) is 1.37. The molecular formula is C22H26N2O4. The molecule has 2 N–H and O–H groups in total. The van der Waals surface area contributed by atoms with E-state index in [9.17, 15) is 9.59 Å². The Morgan fingerprint density at radius 1 is 0.964 bits per heavy atom. The monoisotopic (exact) mass is 382 g/mol. The van der Waals surface area contributed by atoms with Crippen molar-refractivity contribution in [3.8, 4) is 11.5 Å². The third kappa shape index (κ3) is 6.01. The second-order valence-corrected chi connectivity index (χ2v) is 6.72. The Balaban J connectivity index is 1.41. The van der Waals surface area contributed by atoms with Gasteiger partial charge >= 0.3 is 0 Å². The van der Waals surface area contributed by atoms with E-state index in [0.717, 1.165) is 12.8 Å². The molecule has 28 heavy (non-hydrogen) atoms. The molecule has 0 aliphatic heterocycles. The van der Waals surface area contributed by atoms with Crippen LogP contribution in [0.2, 0.25) is 0 Å². The van der Waals surface area contributed by atoms with Crippen molar-refractivity contribution in [3.63, 3.8) is 0 Å². The van der Waals surface area contributed by atoms with Gasteiger partial charge in [-0.2, -0.15) is 0 Å². The fourth-order valence-electron chi connectivity index (χ4n) is 2.75. The molecule has 2 aromatic rings. The molecule has 3 rings (SSSR count). The fraction of sp³-hybridized carbons (Fsp3) is 0.364. The summed E-state index contributed by atoms with van der Waals surface area (Å²) < 4.78 is 11.2. The average molecular weight is 382 g/mol. The minimum Gasteiger partial charge on any atom is -0.490 e. The van der Waals surface area contributed by atoms with E-state index in [0.29, 0.717) is 48.9 Å². The number of nitrogens with one attached hydrogen (secondary N) is 2. The topological polar surface area (TPSA) is 76.7 Å². The number of amides is 2. The van der Waals surface area contributed by atoms with Crippen LogP contribution in [0.25, 0.3) is 0 Å². The van der Waals surface area contributed by atoms with Gasteiger partial charge < -0.3 is 20.1 Å². The maximum absolute atomic E-state index is 12.2. The van der Waals surface area contributed by atoms with E-state index in [4.69, 9.17) is 9.47 Å². The normalized spacial score (nSPS) is 12.9. The van der Waals surface area contributed by atoms with E-state index in [1.807, 2.05) is 43.3 Å². The Morgan fingerprint density at radius 3 is 2.32 bits per heavy atom. The number of hydrogen-bond acceptors (Lipinski definition) is 4. The van der Waals surface area contributed by atoms with E-state index in [1.165, 1.54) is 0 Å². The van der Waals surface area contributed by atoms with Crippen molar-refractivity contribution in [2.75, 3.05) is 23.8 Å². The summed E-state index contributed by atoms with van der Waals surface area (Å²) in [6.07, 6.45) is 2.85. The van der Waals surface area contributed by atoms with Gasteiger partial charge in [0.15, 0.2) is 11.5 Å². The lowest BCUT2D eigenvalue weighted by atomic mass is 10.2. The number of anilines is 2. The van der Waals surface area contributed by atoms with Gasteiger partial charge in [-0.05, 0) is 56.5 Å². The van der Waals surface area contributed by atoms with Crippen molar-refractivity contribution >= 4 is 23.2 Å². The third-order valence-electron chi connectivity index (χ3n) is 4.32. The zero-order chi connectivity index (χ0) is 19.8.